The Hall–Kier alpha value is -3.34. The number of hydrogen-bond acceptors (Lipinski definition) is 4. The molecule has 100 valence electrons. The molecule has 0 atom stereocenters. The highest BCUT2D eigenvalue weighted by Gasteiger charge is 2.11. The SMILES string of the molecule is N#C/C(=C/c1c[nH]c2nccc(NC(N)=O)c12)C(N)=O. The predicted molar refractivity (Wildman–Crippen MR) is 72.1 cm³/mol. The third-order valence-corrected chi connectivity index (χ3v) is 2.55. The summed E-state index contributed by atoms with van der Waals surface area (Å²) in [6.45, 7) is 0. The standard InChI is InChI=1S/C12H10N6O2/c13-4-6(10(14)19)3-7-5-17-11-9(7)8(1-2-16-11)18-12(15)20/h1-3,5H,(H2,14,19)(H4,15,16,17,18,20)/b6-3-. The number of aromatic nitrogens is 2. The van der Waals surface area contributed by atoms with Crippen molar-refractivity contribution < 1.29 is 9.59 Å². The number of rotatable bonds is 3. The summed E-state index contributed by atoms with van der Waals surface area (Å²) < 4.78 is 0. The van der Waals surface area contributed by atoms with Gasteiger partial charge in [0.05, 0.1) is 5.69 Å². The average Bonchev–Trinajstić information content (AvgIpc) is 2.79. The molecule has 6 N–H and O–H groups in total. The van der Waals surface area contributed by atoms with Crippen molar-refractivity contribution in [2.24, 2.45) is 11.5 Å². The number of carbonyl (C=O) groups is 2. The lowest BCUT2D eigenvalue weighted by Gasteiger charge is -2.04. The van der Waals surface area contributed by atoms with E-state index in [0.29, 0.717) is 22.3 Å². The lowest BCUT2D eigenvalue weighted by molar-refractivity contribution is -0.114. The van der Waals surface area contributed by atoms with Gasteiger partial charge < -0.3 is 21.8 Å². The Bertz CT molecular complexity index is 768. The van der Waals surface area contributed by atoms with Crippen LogP contribution < -0.4 is 16.8 Å². The number of pyridine rings is 1. The molecule has 0 aliphatic carbocycles. The summed E-state index contributed by atoms with van der Waals surface area (Å²) >= 11 is 0. The fraction of sp³-hybridized carbons (Fsp3) is 0. The van der Waals surface area contributed by atoms with Crippen LogP contribution in [0.5, 0.6) is 0 Å². The predicted octanol–water partition coefficient (Wildman–Crippen LogP) is 0.446. The van der Waals surface area contributed by atoms with Gasteiger partial charge >= 0.3 is 6.03 Å². The number of fused-ring (bicyclic) bond motifs is 1. The summed E-state index contributed by atoms with van der Waals surface area (Å²) in [4.78, 5) is 29.0. The molecule has 2 rings (SSSR count). The molecule has 0 spiro atoms. The zero-order valence-electron chi connectivity index (χ0n) is 10.2. The van der Waals surface area contributed by atoms with Gasteiger partial charge in [-0.2, -0.15) is 5.26 Å². The number of amides is 3. The second-order valence-corrected chi connectivity index (χ2v) is 3.85. The number of primary amides is 2. The van der Waals surface area contributed by atoms with Crippen LogP contribution >= 0.6 is 0 Å². The number of nitriles is 1. The number of anilines is 1. The minimum absolute atomic E-state index is 0.209. The maximum atomic E-state index is 11.1. The number of urea groups is 1. The summed E-state index contributed by atoms with van der Waals surface area (Å²) in [5, 5.41) is 11.8. The molecule has 8 heteroatoms. The van der Waals surface area contributed by atoms with Crippen LogP contribution in [0.15, 0.2) is 24.0 Å². The van der Waals surface area contributed by atoms with Gasteiger partial charge in [-0.1, -0.05) is 0 Å². The van der Waals surface area contributed by atoms with Crippen LogP contribution in [0.1, 0.15) is 5.56 Å². The number of nitrogens with one attached hydrogen (secondary N) is 2. The zero-order valence-corrected chi connectivity index (χ0v) is 10.2. The van der Waals surface area contributed by atoms with Crippen molar-refractivity contribution in [3.05, 3.63) is 29.6 Å². The van der Waals surface area contributed by atoms with Crippen LogP contribution in [-0.2, 0) is 4.79 Å². The molecular weight excluding hydrogens is 260 g/mol. The summed E-state index contributed by atoms with van der Waals surface area (Å²) in [6.07, 6.45) is 4.34. The number of nitrogens with two attached hydrogens (primary N) is 2. The van der Waals surface area contributed by atoms with Crippen LogP contribution in [0.4, 0.5) is 10.5 Å². The maximum Gasteiger partial charge on any atom is 0.316 e. The smallest absolute Gasteiger partial charge is 0.316 e. The first-order valence-corrected chi connectivity index (χ1v) is 5.47. The van der Waals surface area contributed by atoms with E-state index < -0.39 is 11.9 Å². The summed E-state index contributed by atoms with van der Waals surface area (Å²) in [6, 6.07) is 2.52. The van der Waals surface area contributed by atoms with Crippen LogP contribution in [0.2, 0.25) is 0 Å². The first kappa shape index (κ1) is 13.1. The fourth-order valence-electron chi connectivity index (χ4n) is 1.75. The lowest BCUT2D eigenvalue weighted by atomic mass is 10.1. The average molecular weight is 270 g/mol. The second kappa shape index (κ2) is 5.11. The van der Waals surface area contributed by atoms with Gasteiger partial charge in [0.15, 0.2) is 0 Å². The normalized spacial score (nSPS) is 11.1. The third-order valence-electron chi connectivity index (χ3n) is 2.55. The van der Waals surface area contributed by atoms with E-state index in [2.05, 4.69) is 15.3 Å². The van der Waals surface area contributed by atoms with Gasteiger partial charge in [-0.3, -0.25) is 4.79 Å². The number of H-pyrrole nitrogens is 1. The molecule has 0 saturated carbocycles. The Balaban J connectivity index is 2.64. The van der Waals surface area contributed by atoms with E-state index in [-0.39, 0.29) is 5.57 Å². The van der Waals surface area contributed by atoms with Crippen molar-refractivity contribution >= 4 is 34.7 Å². The van der Waals surface area contributed by atoms with Crippen molar-refractivity contribution in [2.75, 3.05) is 5.32 Å². The van der Waals surface area contributed by atoms with Gasteiger partial charge in [0.25, 0.3) is 5.91 Å². The fourth-order valence-corrected chi connectivity index (χ4v) is 1.75. The van der Waals surface area contributed by atoms with E-state index in [4.69, 9.17) is 16.7 Å². The molecule has 20 heavy (non-hydrogen) atoms. The Morgan fingerprint density at radius 3 is 2.80 bits per heavy atom. The van der Waals surface area contributed by atoms with E-state index >= 15 is 0 Å². The summed E-state index contributed by atoms with van der Waals surface area (Å²) in [7, 11) is 0. The Kier molecular flexibility index (Phi) is 3.35. The minimum atomic E-state index is -0.838. The molecule has 2 heterocycles. The molecular formula is C12H10N6O2. The van der Waals surface area contributed by atoms with E-state index in [0.717, 1.165) is 0 Å². The maximum absolute atomic E-state index is 11.1. The molecule has 0 fully saturated rings. The first-order valence-electron chi connectivity index (χ1n) is 5.47. The van der Waals surface area contributed by atoms with Crippen LogP contribution in [0.25, 0.3) is 17.1 Å². The first-order chi connectivity index (χ1) is 9.52. The van der Waals surface area contributed by atoms with Gasteiger partial charge in [0, 0.05) is 23.3 Å². The largest absolute Gasteiger partial charge is 0.365 e. The van der Waals surface area contributed by atoms with Crippen molar-refractivity contribution in [1.82, 2.24) is 9.97 Å². The van der Waals surface area contributed by atoms with Crippen molar-refractivity contribution in [3.63, 3.8) is 0 Å². The monoisotopic (exact) mass is 270 g/mol. The number of aromatic amines is 1. The number of carbonyl (C=O) groups excluding carboxylic acids is 2. The third kappa shape index (κ3) is 2.41. The van der Waals surface area contributed by atoms with Gasteiger partial charge in [-0.15, -0.1) is 0 Å². The number of nitrogens with zero attached hydrogens (tertiary/aromatic N) is 2. The van der Waals surface area contributed by atoms with Crippen molar-refractivity contribution in [3.8, 4) is 6.07 Å². The molecule has 0 bridgehead atoms. The van der Waals surface area contributed by atoms with Crippen molar-refractivity contribution in [1.29, 1.82) is 5.26 Å². The van der Waals surface area contributed by atoms with E-state index in [9.17, 15) is 9.59 Å². The lowest BCUT2D eigenvalue weighted by Crippen LogP contribution is -2.19. The zero-order chi connectivity index (χ0) is 14.7. The van der Waals surface area contributed by atoms with Gasteiger partial charge in [-0.25, -0.2) is 9.78 Å². The molecule has 0 unspecified atom stereocenters. The molecule has 3 amide bonds. The van der Waals surface area contributed by atoms with E-state index in [1.165, 1.54) is 12.3 Å². The Morgan fingerprint density at radius 2 is 2.20 bits per heavy atom. The number of hydrogen-bond donors (Lipinski definition) is 4. The topological polar surface area (TPSA) is 151 Å². The Morgan fingerprint density at radius 1 is 1.45 bits per heavy atom. The Labute approximate surface area is 113 Å². The van der Waals surface area contributed by atoms with Gasteiger partial charge in [0.1, 0.15) is 17.3 Å². The van der Waals surface area contributed by atoms with Gasteiger partial charge in [-0.05, 0) is 12.1 Å². The highest BCUT2D eigenvalue weighted by atomic mass is 16.2. The molecule has 0 aromatic carbocycles. The highest BCUT2D eigenvalue weighted by Crippen LogP contribution is 2.26. The van der Waals surface area contributed by atoms with E-state index in [1.807, 2.05) is 0 Å². The summed E-state index contributed by atoms with van der Waals surface area (Å²) in [5.41, 5.74) is 11.3. The minimum Gasteiger partial charge on any atom is -0.365 e. The summed E-state index contributed by atoms with van der Waals surface area (Å²) in [5.74, 6) is -0.838. The van der Waals surface area contributed by atoms with Crippen LogP contribution in [0.3, 0.4) is 0 Å². The van der Waals surface area contributed by atoms with Gasteiger partial charge in [0.2, 0.25) is 0 Å². The molecule has 8 nitrogen and oxygen atoms in total. The van der Waals surface area contributed by atoms with Crippen LogP contribution in [0, 0.1) is 11.3 Å². The molecule has 2 aromatic rings. The quantitative estimate of drug-likeness (QED) is 0.472. The molecule has 0 aliphatic rings. The molecule has 0 aliphatic heterocycles. The molecule has 0 radical (unpaired) electrons. The molecule has 2 aromatic heterocycles. The highest BCUT2D eigenvalue weighted by molar-refractivity contribution is 6.06. The van der Waals surface area contributed by atoms with E-state index in [1.54, 1.807) is 18.3 Å². The van der Waals surface area contributed by atoms with Crippen molar-refractivity contribution in [2.45, 2.75) is 0 Å². The van der Waals surface area contributed by atoms with Crippen LogP contribution in [-0.4, -0.2) is 21.9 Å². The second-order valence-electron chi connectivity index (χ2n) is 3.85. The molecule has 0 saturated heterocycles.